The van der Waals surface area contributed by atoms with E-state index < -0.39 is 222 Å². The van der Waals surface area contributed by atoms with Gasteiger partial charge >= 0.3 is 0 Å². The number of hydrogen-bond donors (Lipinski definition) is 20. The lowest BCUT2D eigenvalue weighted by molar-refractivity contribution is -0.149. The Morgan fingerprint density at radius 1 is 0.526 bits per heavy atom. The van der Waals surface area contributed by atoms with Gasteiger partial charge < -0.3 is 125 Å². The zero-order chi connectivity index (χ0) is 98.4. The summed E-state index contributed by atoms with van der Waals surface area (Å²) in [5.41, 5.74) is 19.9. The number of H-pyrrole nitrogens is 3. The second kappa shape index (κ2) is 50.4. The SMILES string of the molecule is CCCC[C@H]1C(=O)N(C)[C@@H](CCCC)C(=O)N[C@@H](CCCNC(=N)N)C(=O)N[C@H](C(=O)NCC(N)=O)CSCC(=O)N[C@@H](Cc2ccc(O)cc2)C(=O)N(C)[C@@H](C)C(=O)N[C@@H](CC(N)=O)C(=O)N2CCC[C@H]2C(=O)N[C@@H](Cc2cnc[nH]2)C(=O)N[C@@H](CC(C)C)C(=O)N2CCC[C@H]2C(=O)N[C@@H](Cc2c[nH]c3ccccc23)C(=O)N[C@@H](CO)C(=O)N[C@@H](Cc2c[nH]c3ccccc23)C(=O)N1C. The van der Waals surface area contributed by atoms with E-state index in [9.17, 15) is 53.4 Å². The van der Waals surface area contributed by atoms with Gasteiger partial charge in [-0.1, -0.05) is 102 Å². The van der Waals surface area contributed by atoms with Gasteiger partial charge in [-0.15, -0.1) is 11.8 Å². The molecule has 14 atom stereocenters. The Labute approximate surface area is 785 Å². The van der Waals surface area contributed by atoms with Crippen molar-refractivity contribution in [1.82, 2.24) is 103 Å². The van der Waals surface area contributed by atoms with Crippen LogP contribution < -0.4 is 75.7 Å². The van der Waals surface area contributed by atoms with Gasteiger partial charge in [-0.2, -0.15) is 0 Å². The smallest absolute Gasteiger partial charge is 0.246 e. The molecule has 44 heteroatoms. The number of rotatable bonds is 26. The van der Waals surface area contributed by atoms with Gasteiger partial charge in [-0.25, -0.2) is 4.98 Å². The number of guanidine groups is 1. The van der Waals surface area contributed by atoms with E-state index in [1.165, 1.54) is 69.8 Å². The number of aromatic hydroxyl groups is 1. The highest BCUT2D eigenvalue weighted by Gasteiger charge is 2.46. The number of para-hydroxylation sites is 2. The summed E-state index contributed by atoms with van der Waals surface area (Å²) in [6.07, 6.45) is 6.20. The molecule has 0 unspecified atom stereocenters. The lowest BCUT2D eigenvalue weighted by Crippen LogP contribution is -2.62. The number of likely N-dealkylation sites (N-methyl/N-ethyl adjacent to an activating group) is 3. The van der Waals surface area contributed by atoms with Crippen LogP contribution in [0.3, 0.4) is 0 Å². The van der Waals surface area contributed by atoms with Crippen LogP contribution in [0.5, 0.6) is 5.75 Å². The van der Waals surface area contributed by atoms with E-state index in [0.717, 1.165) is 31.4 Å². The molecule has 3 aliphatic heterocycles. The molecule has 9 rings (SSSR count). The molecule has 3 aromatic carbocycles. The molecule has 23 N–H and O–H groups in total. The summed E-state index contributed by atoms with van der Waals surface area (Å²) in [4.78, 5) is 270. The topological polar surface area (TPSA) is 641 Å². The Hall–Kier alpha value is -13.7. The van der Waals surface area contributed by atoms with Gasteiger partial charge in [-0.05, 0) is 112 Å². The molecule has 3 aliphatic rings. The van der Waals surface area contributed by atoms with E-state index in [1.807, 2.05) is 13.8 Å². The van der Waals surface area contributed by atoms with Crippen LogP contribution in [-0.2, 0) is 107 Å². The molecule has 6 heterocycles. The quantitative estimate of drug-likeness (QED) is 0.0160. The number of aromatic nitrogens is 4. The van der Waals surface area contributed by atoms with Crippen molar-refractivity contribution in [2.75, 3.05) is 65.4 Å². The minimum absolute atomic E-state index is 0.00177. The van der Waals surface area contributed by atoms with Crippen molar-refractivity contribution >= 4 is 140 Å². The summed E-state index contributed by atoms with van der Waals surface area (Å²) in [6, 6.07) is -1.37. The lowest BCUT2D eigenvalue weighted by atomic mass is 10.00. The van der Waals surface area contributed by atoms with Crippen molar-refractivity contribution in [3.63, 3.8) is 0 Å². The number of fused-ring (bicyclic) bond motifs is 4. The normalized spacial score (nSPS) is 24.2. The molecule has 135 heavy (non-hydrogen) atoms. The number of thioether (sulfide) groups is 1. The average Bonchev–Trinajstić information content (AvgIpc) is 1.75. The molecular formula is C91H128N24O19S. The molecular weight excluding hydrogens is 1770 g/mol. The number of hydrogen-bond acceptors (Lipinski definition) is 22. The van der Waals surface area contributed by atoms with Gasteiger partial charge in [0.25, 0.3) is 0 Å². The number of carbonyl (C=O) groups excluding carboxylic acids is 17. The van der Waals surface area contributed by atoms with E-state index >= 15 is 38.4 Å². The summed E-state index contributed by atoms with van der Waals surface area (Å²) < 4.78 is 0. The molecule has 3 fully saturated rings. The van der Waals surface area contributed by atoms with Crippen LogP contribution >= 0.6 is 11.8 Å². The number of primary amides is 2. The van der Waals surface area contributed by atoms with Crippen LogP contribution in [0.4, 0.5) is 0 Å². The standard InChI is InChI=1S/C91H128N24O19S/c1-9-11-25-70-83(127)103-61(24-17-33-97-91(94)95)79(123)110-69(78(122)100-45-75(93)119)47-135-48-76(120)102-65(37-52-29-31-56(117)32-30-52)86(130)111(6)51(5)77(121)106-67(41-74(92)118)89(133)115-35-19-28-72(115)85(129)105-63(40-55-44-96-49-101-55)81(125)107-64(36-50(3)4)88(132)114-34-18-27-71(114)84(128)104-62(38-53-42-98-59-22-15-13-20-57(53)59)80(124)109-68(46-116)82(126)108-66(39-54-43-99-60-23-16-14-21-58(54)60)87(131)113(8)73(26-12-10-2)90(134)112(70)7/h13-16,20-23,29-32,42-44,49-51,61-73,98-99,116-117H,9-12,17-19,24-28,33-41,45-48H2,1-8H3,(H2,92,118)(H2,93,119)(H,96,101)(H,100,122)(H,102,120)(H,103,127)(H,104,128)(H,105,129)(H,106,121)(H,107,125)(H,108,126)(H,109,124)(H,110,123)(H4,94,95,97)/t51-,61-,62-,63-,64-,65-,66-,67-,68-,69-,70-,71-,72-,73-/m0/s1. The van der Waals surface area contributed by atoms with E-state index in [1.54, 1.807) is 74.8 Å². The number of imidazole rings is 1. The molecule has 43 nitrogen and oxygen atoms in total. The van der Waals surface area contributed by atoms with E-state index in [4.69, 9.17) is 22.6 Å². The maximum atomic E-state index is 15.8. The number of nitrogens with one attached hydrogen (secondary N) is 15. The van der Waals surface area contributed by atoms with Crippen molar-refractivity contribution in [3.8, 4) is 5.75 Å². The first-order chi connectivity index (χ1) is 64.4. The Morgan fingerprint density at radius 2 is 1.03 bits per heavy atom. The fourth-order valence-electron chi connectivity index (χ4n) is 16.8. The van der Waals surface area contributed by atoms with Crippen molar-refractivity contribution in [1.29, 1.82) is 5.41 Å². The molecule has 3 saturated heterocycles. The third kappa shape index (κ3) is 29.4. The predicted molar refractivity (Wildman–Crippen MR) is 498 cm³/mol. The van der Waals surface area contributed by atoms with E-state index in [2.05, 4.69) is 78.4 Å². The molecule has 3 aromatic heterocycles. The number of carbonyl (C=O) groups is 17. The number of benzene rings is 3. The van der Waals surface area contributed by atoms with Crippen LogP contribution in [0.15, 0.2) is 97.7 Å². The fourth-order valence-corrected chi connectivity index (χ4v) is 17.6. The highest BCUT2D eigenvalue weighted by molar-refractivity contribution is 8.00. The highest BCUT2D eigenvalue weighted by Crippen LogP contribution is 2.28. The summed E-state index contributed by atoms with van der Waals surface area (Å²) in [5, 5.41) is 60.0. The first kappa shape index (κ1) is 105. The van der Waals surface area contributed by atoms with Crippen molar-refractivity contribution in [2.45, 2.75) is 235 Å². The maximum Gasteiger partial charge on any atom is 0.246 e. The summed E-state index contributed by atoms with van der Waals surface area (Å²) in [6.45, 7) is 6.65. The van der Waals surface area contributed by atoms with Crippen LogP contribution in [0, 0.1) is 11.3 Å². The number of nitrogens with two attached hydrogens (primary N) is 3. The third-order valence-electron chi connectivity index (χ3n) is 24.3. The van der Waals surface area contributed by atoms with Crippen LogP contribution in [0.1, 0.15) is 147 Å². The van der Waals surface area contributed by atoms with Gasteiger partial charge in [-0.3, -0.25) is 86.9 Å². The number of aliphatic hydroxyl groups excluding tert-OH is 1. The van der Waals surface area contributed by atoms with Gasteiger partial charge in [0.2, 0.25) is 100 Å². The molecule has 0 spiro atoms. The summed E-state index contributed by atoms with van der Waals surface area (Å²) in [5.74, 6) is -17.3. The Balaban J connectivity index is 1.10. The first-order valence-corrected chi connectivity index (χ1v) is 46.6. The zero-order valence-corrected chi connectivity index (χ0v) is 78.1. The maximum absolute atomic E-state index is 15.8. The Morgan fingerprint density at radius 3 is 1.59 bits per heavy atom. The number of aromatic amines is 3. The van der Waals surface area contributed by atoms with Gasteiger partial charge in [0.1, 0.15) is 90.3 Å². The summed E-state index contributed by atoms with van der Waals surface area (Å²) >= 11 is 0.766. The van der Waals surface area contributed by atoms with Crippen molar-refractivity contribution in [3.05, 3.63) is 120 Å². The van der Waals surface area contributed by atoms with Gasteiger partial charge in [0.15, 0.2) is 5.96 Å². The van der Waals surface area contributed by atoms with Gasteiger partial charge in [0, 0.05) is 118 Å². The van der Waals surface area contributed by atoms with Crippen LogP contribution in [0.25, 0.3) is 21.8 Å². The Bertz CT molecular complexity index is 5200. The number of phenolic OH excluding ortho intramolecular Hbond substituents is 1. The monoisotopic (exact) mass is 1890 g/mol. The zero-order valence-electron chi connectivity index (χ0n) is 77.2. The molecule has 0 bridgehead atoms. The average molecular weight is 1890 g/mol. The van der Waals surface area contributed by atoms with E-state index in [-0.39, 0.29) is 115 Å². The molecule has 0 saturated carbocycles. The van der Waals surface area contributed by atoms with Crippen LogP contribution in [-0.4, -0.2) is 311 Å². The number of phenols is 1. The highest BCUT2D eigenvalue weighted by atomic mass is 32.2. The number of amides is 17. The predicted octanol–water partition coefficient (Wildman–Crippen LogP) is -1.90. The minimum Gasteiger partial charge on any atom is -0.508 e. The Kier molecular flexibility index (Phi) is 39.2. The molecule has 6 aromatic rings. The largest absolute Gasteiger partial charge is 0.508 e. The molecule has 732 valence electrons. The van der Waals surface area contributed by atoms with Crippen molar-refractivity contribution in [2.24, 2.45) is 23.1 Å². The van der Waals surface area contributed by atoms with Crippen molar-refractivity contribution < 1.29 is 91.7 Å². The second-order valence-corrected chi connectivity index (χ2v) is 35.8. The number of unbranched alkanes of at least 4 members (excludes halogenated alkanes) is 2. The molecule has 0 radical (unpaired) electrons. The second-order valence-electron chi connectivity index (χ2n) is 34.8. The number of aliphatic hydroxyl groups is 1. The number of nitrogens with zero attached hydrogens (tertiary/aromatic N) is 6. The lowest BCUT2D eigenvalue weighted by Gasteiger charge is -2.36. The fraction of sp³-hybridized carbons (Fsp3) is 0.527. The first-order valence-electron chi connectivity index (χ1n) is 45.5. The minimum atomic E-state index is -1.85. The van der Waals surface area contributed by atoms with Crippen LogP contribution in [0.2, 0.25) is 0 Å². The third-order valence-corrected chi connectivity index (χ3v) is 25.3. The van der Waals surface area contributed by atoms with Gasteiger partial charge in [0.05, 0.1) is 31.7 Å². The molecule has 0 aliphatic carbocycles. The summed E-state index contributed by atoms with van der Waals surface area (Å²) in [7, 11) is 3.94. The molecule has 17 amide bonds. The van der Waals surface area contributed by atoms with E-state index in [0.29, 0.717) is 69.9 Å².